The molecule has 0 unspecified atom stereocenters. The number of aromatic nitrogens is 8. The number of ether oxygens (including phenoxy) is 4. The predicted octanol–water partition coefficient (Wildman–Crippen LogP) is 6.19. The molecule has 8 aromatic heterocycles. The van der Waals surface area contributed by atoms with Crippen LogP contribution < -0.4 is 20.4 Å². The first kappa shape index (κ1) is 80.3. The second-order valence-corrected chi connectivity index (χ2v) is 13.4. The van der Waals surface area contributed by atoms with Crippen LogP contribution >= 0.6 is 0 Å². The van der Waals surface area contributed by atoms with Gasteiger partial charge in [-0.05, 0) is 97.1 Å². The molecule has 8 heterocycles. The molecule has 0 aliphatic carbocycles. The summed E-state index contributed by atoms with van der Waals surface area (Å²) in [5.41, 5.74) is 56.4. The van der Waals surface area contributed by atoms with Crippen LogP contribution in [0.2, 0.25) is 0 Å². The summed E-state index contributed by atoms with van der Waals surface area (Å²) in [7, 11) is 5.43. The zero-order chi connectivity index (χ0) is 56.6. The fourth-order valence-electron chi connectivity index (χ4n) is 5.82. The van der Waals surface area contributed by atoms with Gasteiger partial charge < -0.3 is 83.6 Å². The summed E-state index contributed by atoms with van der Waals surface area (Å²) < 4.78 is 20.1. The molecule has 0 radical (unpaired) electrons. The van der Waals surface area contributed by atoms with Crippen LogP contribution in [0.3, 0.4) is 0 Å². The van der Waals surface area contributed by atoms with Crippen LogP contribution in [0, 0.1) is 0 Å². The van der Waals surface area contributed by atoms with Crippen molar-refractivity contribution in [3.05, 3.63) is 305 Å². The van der Waals surface area contributed by atoms with Gasteiger partial charge in [-0.3, -0.25) is 59.5 Å². The van der Waals surface area contributed by atoms with E-state index in [1.165, 1.54) is 48.1 Å². The molecule has 392 valence electrons. The van der Waals surface area contributed by atoms with Crippen LogP contribution in [-0.2, 0) is 151 Å². The van der Waals surface area contributed by atoms with E-state index in [4.69, 9.17) is 63.2 Å². The van der Waals surface area contributed by atoms with E-state index in [1.54, 1.807) is 195 Å². The van der Waals surface area contributed by atoms with Gasteiger partial charge >= 0.3 is 109 Å². The van der Waals surface area contributed by atoms with E-state index in [2.05, 4.69) is 39.9 Å². The Balaban J connectivity index is -0.000000443. The van der Waals surface area contributed by atoms with Crippen molar-refractivity contribution in [1.29, 1.82) is 0 Å². The molecular weight excluding hydrogens is 1430 g/mol. The molecule has 32 heteroatoms. The molecule has 0 atom stereocenters. The van der Waals surface area contributed by atoms with Crippen molar-refractivity contribution in [3.63, 3.8) is 0 Å². The average molecular weight is 1480 g/mol. The third-order valence-corrected chi connectivity index (χ3v) is 9.17. The van der Waals surface area contributed by atoms with E-state index in [-0.39, 0.29) is 109 Å². The normalized spacial score (nSPS) is 9.50. The summed E-state index contributed by atoms with van der Waals surface area (Å²) in [6.07, 6.45) is 12.5. The summed E-state index contributed by atoms with van der Waals surface area (Å²) in [5, 5.41) is 50.1. The average Bonchev–Trinajstić information content (AvgIpc) is 3.49. The molecule has 8 aromatic rings. The molecule has 0 amide bonds. The predicted molar refractivity (Wildman–Crippen MR) is 265 cm³/mol. The van der Waals surface area contributed by atoms with Crippen LogP contribution in [0.5, 0.6) is 0 Å². The first-order chi connectivity index (χ1) is 36.7. The fraction of sp³-hybridized carbons (Fsp3) is 0.167. The maximum absolute atomic E-state index is 12.5. The minimum Gasteiger partial charge on any atom is -0.819 e. The number of rotatable bonds is 12. The topological polar surface area (TPSA) is 467 Å². The number of methoxy groups -OCH3 is 4. The van der Waals surface area contributed by atoms with Crippen LogP contribution in [-0.4, -0.2) is 68.3 Å². The molecule has 0 saturated heterocycles. The van der Waals surface area contributed by atoms with Gasteiger partial charge in [0.2, 0.25) is 0 Å². The second kappa shape index (κ2) is 46.5. The monoisotopic (exact) mass is 1480 g/mol. The van der Waals surface area contributed by atoms with Crippen LogP contribution in [0.1, 0.15) is 45.6 Å². The van der Waals surface area contributed by atoms with Crippen molar-refractivity contribution in [2.45, 2.75) is 23.1 Å². The Labute approximate surface area is 539 Å². The van der Waals surface area contributed by atoms with Gasteiger partial charge in [-0.25, -0.2) is 0 Å². The van der Waals surface area contributed by atoms with Gasteiger partial charge in [0.15, 0.2) is 0 Å². The standard InChI is InChI=1S/4C12H11N2O2.4Cd.4N3/c4*1-16-12(15,10-6-2-4-8-13-10)11-7-3-5-9-14-11;;;;;4*1-3-2/h4*2-9H,1H3;;;;;;;;/q4*-1;4*+2;4*-1. The SMILES string of the molecule is COC([O-])(c1ccccn1)c1ccccn1.COC([O-])(c1ccccn1)c1ccccn1.COC([O-])(c1ccccn1)c1ccccn1.COC([O-])(c1ccccn1)c1ccccn1.[Cd+2].[Cd+2].[Cd+2].[Cd+2].[N-]=[N+]=[N-].[N-]=[N+]=[N-].[N-]=[N+]=[N-].[N-]=[N+]=[N-]. The molecule has 28 nitrogen and oxygen atoms in total. The third-order valence-electron chi connectivity index (χ3n) is 9.17. The maximum Gasteiger partial charge on any atom is 2.00 e. The first-order valence-corrected chi connectivity index (χ1v) is 21.0. The zero-order valence-electron chi connectivity index (χ0n) is 43.5. The van der Waals surface area contributed by atoms with Crippen molar-refractivity contribution in [1.82, 2.24) is 39.9 Å². The Hall–Kier alpha value is -6.19. The molecular formula is C48H44Cd4N20O8. The molecule has 0 aliphatic heterocycles. The number of nitrogens with zero attached hydrogens (tertiary/aromatic N) is 20. The first-order valence-electron chi connectivity index (χ1n) is 21.0. The minimum absolute atomic E-state index is 0. The quantitative estimate of drug-likeness (QED) is 0.0432. The fourth-order valence-corrected chi connectivity index (χ4v) is 5.82. The van der Waals surface area contributed by atoms with Crippen molar-refractivity contribution >= 4 is 0 Å². The molecule has 0 saturated carbocycles. The van der Waals surface area contributed by atoms with Gasteiger partial charge in [0, 0.05) is 78.0 Å². The van der Waals surface area contributed by atoms with Crippen molar-refractivity contribution < 1.29 is 149 Å². The van der Waals surface area contributed by atoms with E-state index in [0.717, 1.165) is 0 Å². The molecule has 0 aromatic carbocycles. The molecule has 0 N–H and O–H groups in total. The van der Waals surface area contributed by atoms with Crippen LogP contribution in [0.25, 0.3) is 63.9 Å². The summed E-state index contributed by atoms with van der Waals surface area (Å²) >= 11 is 0. The Bertz CT molecular complexity index is 2370. The largest absolute Gasteiger partial charge is 2.00 e. The Morgan fingerprint density at radius 2 is 0.362 bits per heavy atom. The Morgan fingerprint density at radius 1 is 0.263 bits per heavy atom. The van der Waals surface area contributed by atoms with Crippen LogP contribution in [0.15, 0.2) is 195 Å². The summed E-state index contributed by atoms with van der Waals surface area (Å²) in [6, 6.07) is 41.0. The maximum atomic E-state index is 12.5. The van der Waals surface area contributed by atoms with Gasteiger partial charge in [0.05, 0.1) is 68.7 Å². The van der Waals surface area contributed by atoms with Crippen molar-refractivity contribution in [2.75, 3.05) is 28.4 Å². The summed E-state index contributed by atoms with van der Waals surface area (Å²) in [4.78, 5) is 38.2. The molecule has 8 rings (SSSR count). The van der Waals surface area contributed by atoms with E-state index in [0.29, 0.717) is 45.6 Å². The number of hydrogen-bond acceptors (Lipinski definition) is 16. The molecule has 0 spiro atoms. The second-order valence-electron chi connectivity index (χ2n) is 13.4. The van der Waals surface area contributed by atoms with E-state index < -0.39 is 23.1 Å². The van der Waals surface area contributed by atoms with E-state index in [9.17, 15) is 20.4 Å². The summed E-state index contributed by atoms with van der Waals surface area (Å²) in [5.74, 6) is -7.38. The van der Waals surface area contributed by atoms with Crippen LogP contribution in [0.4, 0.5) is 0 Å². The van der Waals surface area contributed by atoms with Crippen molar-refractivity contribution in [2.24, 2.45) is 0 Å². The zero-order valence-corrected chi connectivity index (χ0v) is 59.7. The van der Waals surface area contributed by atoms with Gasteiger partial charge in [-0.2, -0.15) is 0 Å². The van der Waals surface area contributed by atoms with Gasteiger partial charge in [0.1, 0.15) is 0 Å². The smallest absolute Gasteiger partial charge is 0.819 e. The minimum atomic E-state index is -1.84. The molecule has 0 aliphatic rings. The third kappa shape index (κ3) is 25.9. The van der Waals surface area contributed by atoms with Gasteiger partial charge in [0.25, 0.3) is 0 Å². The van der Waals surface area contributed by atoms with Crippen molar-refractivity contribution in [3.8, 4) is 0 Å². The van der Waals surface area contributed by atoms with E-state index in [1.807, 2.05) is 0 Å². The van der Waals surface area contributed by atoms with Gasteiger partial charge in [-0.1, -0.05) is 48.5 Å². The van der Waals surface area contributed by atoms with E-state index >= 15 is 0 Å². The number of hydrogen-bond donors (Lipinski definition) is 0. The Kier molecular flexibility index (Phi) is 46.7. The summed E-state index contributed by atoms with van der Waals surface area (Å²) in [6.45, 7) is 0. The molecule has 0 bridgehead atoms. The Morgan fingerprint density at radius 3 is 0.425 bits per heavy atom. The van der Waals surface area contributed by atoms with Gasteiger partial charge in [-0.15, -0.1) is 0 Å². The molecule has 80 heavy (non-hydrogen) atoms. The molecule has 0 fully saturated rings. The number of pyridine rings is 8.